The van der Waals surface area contributed by atoms with E-state index in [4.69, 9.17) is 10.5 Å². The summed E-state index contributed by atoms with van der Waals surface area (Å²) >= 11 is 4.95. The molecule has 3 nitrogen and oxygen atoms in total. The van der Waals surface area contributed by atoms with Crippen LogP contribution < -0.4 is 10.5 Å². The van der Waals surface area contributed by atoms with Crippen LogP contribution in [0.3, 0.4) is 0 Å². The Morgan fingerprint density at radius 2 is 1.81 bits per heavy atom. The molecule has 0 amide bonds. The predicted octanol–water partition coefficient (Wildman–Crippen LogP) is 4.73. The molecule has 0 unspecified atom stereocenters. The zero-order valence-corrected chi connectivity index (χ0v) is 14.2. The maximum absolute atomic E-state index is 5.95. The Bertz CT molecular complexity index is 597. The van der Waals surface area contributed by atoms with Crippen molar-refractivity contribution in [2.45, 2.75) is 12.7 Å². The Labute approximate surface area is 137 Å². The normalized spacial score (nSPS) is 11.4. The molecule has 21 heavy (non-hydrogen) atoms. The number of aliphatic imine (C=N–C) groups is 1. The van der Waals surface area contributed by atoms with E-state index < -0.39 is 0 Å². The lowest BCUT2D eigenvalue weighted by Gasteiger charge is -2.04. The van der Waals surface area contributed by atoms with Gasteiger partial charge >= 0.3 is 0 Å². The van der Waals surface area contributed by atoms with E-state index in [-0.39, 0.29) is 0 Å². The number of hydrogen-bond acceptors (Lipinski definition) is 3. The molecule has 0 aromatic heterocycles. The largest absolute Gasteiger partial charge is 0.494 e. The molecule has 2 aromatic rings. The van der Waals surface area contributed by atoms with Crippen LogP contribution in [0.5, 0.6) is 5.75 Å². The van der Waals surface area contributed by atoms with Gasteiger partial charge in [0.2, 0.25) is 0 Å². The molecule has 5 heteroatoms. The number of halogens is 1. The standard InChI is InChI=1S/C16H17BrN2OS/c1-2-20-15-9-7-14(8-10-15)19-16(18)21-11-12-3-5-13(17)6-4-12/h3-10H,2,11H2,1H3,(H2,18,19). The first kappa shape index (κ1) is 15.9. The molecular formula is C16H17BrN2OS. The van der Waals surface area contributed by atoms with Crippen LogP contribution in [-0.2, 0) is 5.75 Å². The maximum Gasteiger partial charge on any atom is 0.159 e. The van der Waals surface area contributed by atoms with Crippen LogP contribution in [0.2, 0.25) is 0 Å². The number of nitrogens with zero attached hydrogens (tertiary/aromatic N) is 1. The number of benzene rings is 2. The van der Waals surface area contributed by atoms with Crippen molar-refractivity contribution in [3.05, 3.63) is 58.6 Å². The molecule has 0 heterocycles. The first-order valence-corrected chi connectivity index (χ1v) is 8.39. The van der Waals surface area contributed by atoms with E-state index in [2.05, 4.69) is 33.1 Å². The molecule has 0 saturated heterocycles. The summed E-state index contributed by atoms with van der Waals surface area (Å²) in [5.74, 6) is 1.65. The highest BCUT2D eigenvalue weighted by atomic mass is 79.9. The van der Waals surface area contributed by atoms with Crippen LogP contribution in [-0.4, -0.2) is 11.8 Å². The monoisotopic (exact) mass is 364 g/mol. The molecule has 2 aromatic carbocycles. The van der Waals surface area contributed by atoms with Gasteiger partial charge in [0.1, 0.15) is 5.75 Å². The third kappa shape index (κ3) is 5.44. The Kier molecular flexibility index (Phi) is 6.14. The number of ether oxygens (including phenoxy) is 1. The number of nitrogens with two attached hydrogens (primary N) is 1. The van der Waals surface area contributed by atoms with Crippen LogP contribution in [0, 0.1) is 0 Å². The van der Waals surface area contributed by atoms with Crippen LogP contribution in [0.1, 0.15) is 12.5 Å². The fourth-order valence-corrected chi connectivity index (χ4v) is 2.62. The highest BCUT2D eigenvalue weighted by molar-refractivity contribution is 9.10. The first-order valence-electron chi connectivity index (χ1n) is 6.61. The summed E-state index contributed by atoms with van der Waals surface area (Å²) in [6.45, 7) is 2.62. The Morgan fingerprint density at radius 1 is 1.14 bits per heavy atom. The lowest BCUT2D eigenvalue weighted by molar-refractivity contribution is 0.340. The highest BCUT2D eigenvalue weighted by Gasteiger charge is 1.99. The van der Waals surface area contributed by atoms with E-state index in [9.17, 15) is 0 Å². The van der Waals surface area contributed by atoms with Crippen molar-refractivity contribution in [1.29, 1.82) is 0 Å². The Hall–Kier alpha value is -1.46. The number of thioether (sulfide) groups is 1. The number of amidine groups is 1. The van der Waals surface area contributed by atoms with Crippen LogP contribution in [0.25, 0.3) is 0 Å². The van der Waals surface area contributed by atoms with E-state index in [1.807, 2.05) is 43.3 Å². The van der Waals surface area contributed by atoms with Gasteiger partial charge in [0.05, 0.1) is 12.3 Å². The van der Waals surface area contributed by atoms with Gasteiger partial charge in [0.25, 0.3) is 0 Å². The van der Waals surface area contributed by atoms with E-state index in [0.29, 0.717) is 11.8 Å². The second-order valence-electron chi connectivity index (χ2n) is 4.29. The van der Waals surface area contributed by atoms with E-state index in [1.54, 1.807) is 0 Å². The topological polar surface area (TPSA) is 47.6 Å². The minimum absolute atomic E-state index is 0.557. The van der Waals surface area contributed by atoms with Crippen molar-refractivity contribution in [3.63, 3.8) is 0 Å². The third-order valence-electron chi connectivity index (χ3n) is 2.69. The maximum atomic E-state index is 5.95. The van der Waals surface area contributed by atoms with Gasteiger partial charge < -0.3 is 10.5 Å². The third-order valence-corrected chi connectivity index (χ3v) is 4.08. The average Bonchev–Trinajstić information content (AvgIpc) is 2.49. The fourth-order valence-electron chi connectivity index (χ4n) is 1.68. The minimum Gasteiger partial charge on any atom is -0.494 e. The summed E-state index contributed by atoms with van der Waals surface area (Å²) in [6, 6.07) is 15.8. The van der Waals surface area contributed by atoms with Crippen LogP contribution in [0.4, 0.5) is 5.69 Å². The summed E-state index contributed by atoms with van der Waals surface area (Å²) in [5.41, 5.74) is 8.00. The predicted molar refractivity (Wildman–Crippen MR) is 94.3 cm³/mol. The van der Waals surface area contributed by atoms with Gasteiger partial charge in [-0.25, -0.2) is 4.99 Å². The highest BCUT2D eigenvalue weighted by Crippen LogP contribution is 2.21. The van der Waals surface area contributed by atoms with Crippen molar-refractivity contribution in [2.75, 3.05) is 6.61 Å². The second kappa shape index (κ2) is 8.10. The van der Waals surface area contributed by atoms with Gasteiger partial charge in [-0.15, -0.1) is 0 Å². The number of rotatable bonds is 5. The quantitative estimate of drug-likeness (QED) is 0.616. The first-order chi connectivity index (χ1) is 10.2. The summed E-state index contributed by atoms with van der Waals surface area (Å²) in [6.07, 6.45) is 0. The molecule has 0 saturated carbocycles. The molecule has 0 spiro atoms. The SMILES string of the molecule is CCOc1ccc(N=C(N)SCc2ccc(Br)cc2)cc1. The fraction of sp³-hybridized carbons (Fsp3) is 0.188. The van der Waals surface area contributed by atoms with Gasteiger partial charge in [-0.1, -0.05) is 39.8 Å². The zero-order chi connectivity index (χ0) is 15.1. The van der Waals surface area contributed by atoms with Crippen molar-refractivity contribution in [2.24, 2.45) is 10.7 Å². The molecular weight excluding hydrogens is 348 g/mol. The molecule has 2 N–H and O–H groups in total. The summed E-state index contributed by atoms with van der Waals surface area (Å²) in [5, 5.41) is 0.557. The zero-order valence-electron chi connectivity index (χ0n) is 11.8. The Morgan fingerprint density at radius 3 is 2.43 bits per heavy atom. The van der Waals surface area contributed by atoms with Gasteiger partial charge in [-0.05, 0) is 48.9 Å². The molecule has 0 bridgehead atoms. The lowest BCUT2D eigenvalue weighted by Crippen LogP contribution is -2.06. The van der Waals surface area contributed by atoms with Gasteiger partial charge in [-0.2, -0.15) is 0 Å². The molecule has 0 aliphatic heterocycles. The van der Waals surface area contributed by atoms with Crippen LogP contribution >= 0.6 is 27.7 Å². The van der Waals surface area contributed by atoms with Crippen molar-refractivity contribution in [3.8, 4) is 5.75 Å². The molecule has 2 rings (SSSR count). The minimum atomic E-state index is 0.557. The van der Waals surface area contributed by atoms with Gasteiger partial charge in [0, 0.05) is 10.2 Å². The number of hydrogen-bond donors (Lipinski definition) is 1. The Balaban J connectivity index is 1.92. The molecule has 0 fully saturated rings. The average molecular weight is 365 g/mol. The van der Waals surface area contributed by atoms with E-state index in [0.717, 1.165) is 21.7 Å². The summed E-state index contributed by atoms with van der Waals surface area (Å²) < 4.78 is 6.47. The van der Waals surface area contributed by atoms with Crippen LogP contribution in [0.15, 0.2) is 58.0 Å². The lowest BCUT2D eigenvalue weighted by atomic mass is 10.2. The summed E-state index contributed by atoms with van der Waals surface area (Å²) in [4.78, 5) is 4.39. The van der Waals surface area contributed by atoms with Crippen molar-refractivity contribution < 1.29 is 4.74 Å². The molecule has 110 valence electrons. The smallest absolute Gasteiger partial charge is 0.159 e. The second-order valence-corrected chi connectivity index (χ2v) is 6.20. The molecule has 0 aliphatic rings. The summed E-state index contributed by atoms with van der Waals surface area (Å²) in [7, 11) is 0. The van der Waals surface area contributed by atoms with Gasteiger partial charge in [-0.3, -0.25) is 0 Å². The molecule has 0 aliphatic carbocycles. The van der Waals surface area contributed by atoms with Crippen molar-refractivity contribution >= 4 is 38.5 Å². The molecule has 0 atom stereocenters. The van der Waals surface area contributed by atoms with Gasteiger partial charge in [0.15, 0.2) is 5.17 Å². The van der Waals surface area contributed by atoms with E-state index >= 15 is 0 Å². The molecule has 0 radical (unpaired) electrons. The van der Waals surface area contributed by atoms with Crippen molar-refractivity contribution in [1.82, 2.24) is 0 Å². The van der Waals surface area contributed by atoms with E-state index in [1.165, 1.54) is 17.3 Å².